The summed E-state index contributed by atoms with van der Waals surface area (Å²) in [7, 11) is 3.22. The van der Waals surface area contributed by atoms with Gasteiger partial charge >= 0.3 is 0 Å². The molecule has 0 saturated heterocycles. The topological polar surface area (TPSA) is 61.8 Å². The van der Waals surface area contributed by atoms with Crippen LogP contribution in [0.1, 0.15) is 24.2 Å². The highest BCUT2D eigenvalue weighted by Gasteiger charge is 2.18. The molecule has 0 spiro atoms. The molecule has 0 aliphatic rings. The summed E-state index contributed by atoms with van der Waals surface area (Å²) in [5, 5.41) is 11.2. The second kappa shape index (κ2) is 5.84. The summed E-state index contributed by atoms with van der Waals surface area (Å²) < 4.78 is 5.12. The maximum absolute atomic E-state index is 12.0. The Balaban J connectivity index is 2.71. The Morgan fingerprint density at radius 3 is 2.61 bits per heavy atom. The molecule has 0 heterocycles. The van der Waals surface area contributed by atoms with Crippen molar-refractivity contribution in [3.63, 3.8) is 0 Å². The average Bonchev–Trinajstić information content (AvgIpc) is 2.26. The Labute approximate surface area is 107 Å². The fraction of sp³-hybridized carbons (Fsp3) is 0.462. The van der Waals surface area contributed by atoms with Gasteiger partial charge in [0.05, 0.1) is 18.3 Å². The van der Waals surface area contributed by atoms with E-state index in [4.69, 9.17) is 4.74 Å². The highest BCUT2D eigenvalue weighted by Crippen LogP contribution is 2.16. The number of nitrogens with one attached hydrogen (secondary N) is 1. The number of aliphatic hydroxyl groups is 1. The zero-order chi connectivity index (χ0) is 13.8. The highest BCUT2D eigenvalue weighted by molar-refractivity contribution is 5.96. The molecule has 5 nitrogen and oxygen atoms in total. The van der Waals surface area contributed by atoms with Gasteiger partial charge in [-0.2, -0.15) is 0 Å². The molecule has 0 atom stereocenters. The summed E-state index contributed by atoms with van der Waals surface area (Å²) in [6.07, 6.45) is 0. The number of benzene rings is 1. The largest absolute Gasteiger partial charge is 0.496 e. The molecule has 0 unspecified atom stereocenters. The van der Waals surface area contributed by atoms with Crippen LogP contribution in [0.2, 0.25) is 0 Å². The summed E-state index contributed by atoms with van der Waals surface area (Å²) in [5.74, 6) is 0.255. The van der Waals surface area contributed by atoms with Crippen molar-refractivity contribution in [2.45, 2.75) is 19.4 Å². The average molecular weight is 252 g/mol. The van der Waals surface area contributed by atoms with E-state index < -0.39 is 5.60 Å². The van der Waals surface area contributed by atoms with Crippen LogP contribution >= 0.6 is 0 Å². The molecule has 1 aromatic carbocycles. The minimum absolute atomic E-state index is 0.265. The van der Waals surface area contributed by atoms with Gasteiger partial charge in [0, 0.05) is 13.6 Å². The molecule has 100 valence electrons. The standard InChI is InChI=1S/C13H20N2O3/c1-13(2,17)9-15(3)14-12(16)10-7-5-6-8-11(10)18-4/h5-8,17H,9H2,1-4H3,(H,14,16). The normalized spacial score (nSPS) is 11.4. The minimum Gasteiger partial charge on any atom is -0.496 e. The van der Waals surface area contributed by atoms with Crippen molar-refractivity contribution in [2.24, 2.45) is 0 Å². The van der Waals surface area contributed by atoms with Crippen LogP contribution in [0, 0.1) is 0 Å². The van der Waals surface area contributed by atoms with Crippen molar-refractivity contribution in [1.29, 1.82) is 0 Å². The Bertz CT molecular complexity index is 413. The van der Waals surface area contributed by atoms with Gasteiger partial charge in [-0.1, -0.05) is 12.1 Å². The van der Waals surface area contributed by atoms with Crippen molar-refractivity contribution in [3.8, 4) is 5.75 Å². The molecule has 1 rings (SSSR count). The van der Waals surface area contributed by atoms with Gasteiger partial charge in [-0.25, -0.2) is 5.01 Å². The number of ether oxygens (including phenoxy) is 1. The first-order chi connectivity index (χ1) is 8.33. The molecule has 0 aliphatic heterocycles. The first-order valence-electron chi connectivity index (χ1n) is 5.71. The van der Waals surface area contributed by atoms with Crippen LogP contribution in [-0.4, -0.2) is 42.3 Å². The lowest BCUT2D eigenvalue weighted by Gasteiger charge is -2.25. The third kappa shape index (κ3) is 4.35. The number of carbonyl (C=O) groups is 1. The smallest absolute Gasteiger partial charge is 0.269 e. The summed E-state index contributed by atoms with van der Waals surface area (Å²) in [5.41, 5.74) is 2.27. The van der Waals surface area contributed by atoms with Crippen molar-refractivity contribution < 1.29 is 14.6 Å². The van der Waals surface area contributed by atoms with Crippen LogP contribution in [0.3, 0.4) is 0 Å². The van der Waals surface area contributed by atoms with E-state index in [1.54, 1.807) is 50.2 Å². The SMILES string of the molecule is COc1ccccc1C(=O)NN(C)CC(C)(C)O. The zero-order valence-corrected chi connectivity index (χ0v) is 11.2. The van der Waals surface area contributed by atoms with E-state index in [0.717, 1.165) is 0 Å². The van der Waals surface area contributed by atoms with Crippen molar-refractivity contribution in [1.82, 2.24) is 10.4 Å². The van der Waals surface area contributed by atoms with Gasteiger partial charge in [-0.3, -0.25) is 10.2 Å². The molecule has 0 fully saturated rings. The lowest BCUT2D eigenvalue weighted by atomic mass is 10.1. The van der Waals surface area contributed by atoms with E-state index in [0.29, 0.717) is 17.9 Å². The molecule has 0 saturated carbocycles. The van der Waals surface area contributed by atoms with Gasteiger partial charge in [0.15, 0.2) is 0 Å². The number of rotatable bonds is 5. The number of carbonyl (C=O) groups excluding carboxylic acids is 1. The summed E-state index contributed by atoms with van der Waals surface area (Å²) >= 11 is 0. The summed E-state index contributed by atoms with van der Waals surface area (Å²) in [4.78, 5) is 12.0. The van der Waals surface area contributed by atoms with Crippen LogP contribution < -0.4 is 10.2 Å². The van der Waals surface area contributed by atoms with Gasteiger partial charge in [0.2, 0.25) is 0 Å². The van der Waals surface area contributed by atoms with Crippen LogP contribution in [-0.2, 0) is 0 Å². The predicted molar refractivity (Wildman–Crippen MR) is 69.4 cm³/mol. The van der Waals surface area contributed by atoms with E-state index in [9.17, 15) is 9.90 Å². The van der Waals surface area contributed by atoms with E-state index in [1.165, 1.54) is 7.11 Å². The second-order valence-corrected chi connectivity index (χ2v) is 4.81. The number of hydrogen-bond acceptors (Lipinski definition) is 4. The quantitative estimate of drug-likeness (QED) is 0.769. The van der Waals surface area contributed by atoms with Gasteiger partial charge in [0.1, 0.15) is 5.75 Å². The van der Waals surface area contributed by atoms with E-state index in [1.807, 2.05) is 0 Å². The monoisotopic (exact) mass is 252 g/mol. The van der Waals surface area contributed by atoms with Crippen LogP contribution in [0.5, 0.6) is 5.75 Å². The highest BCUT2D eigenvalue weighted by atomic mass is 16.5. The lowest BCUT2D eigenvalue weighted by Crippen LogP contribution is -2.46. The number of hydrogen-bond donors (Lipinski definition) is 2. The molecule has 18 heavy (non-hydrogen) atoms. The Kier molecular flexibility index (Phi) is 4.69. The number of likely N-dealkylation sites (N-methyl/N-ethyl adjacent to an activating group) is 1. The molecule has 1 amide bonds. The summed E-state index contributed by atoms with van der Waals surface area (Å²) in [6.45, 7) is 3.69. The minimum atomic E-state index is -0.872. The Morgan fingerprint density at radius 2 is 2.06 bits per heavy atom. The van der Waals surface area contributed by atoms with Crippen LogP contribution in [0.4, 0.5) is 0 Å². The number of para-hydroxylation sites is 1. The number of hydrazine groups is 1. The summed E-state index contributed by atoms with van der Waals surface area (Å²) in [6, 6.07) is 6.99. The molecule has 0 aliphatic carbocycles. The number of methoxy groups -OCH3 is 1. The Morgan fingerprint density at radius 1 is 1.44 bits per heavy atom. The van der Waals surface area contributed by atoms with E-state index in [-0.39, 0.29) is 5.91 Å². The molecule has 0 aromatic heterocycles. The van der Waals surface area contributed by atoms with Gasteiger partial charge in [-0.15, -0.1) is 0 Å². The molecule has 2 N–H and O–H groups in total. The van der Waals surface area contributed by atoms with Crippen LogP contribution in [0.15, 0.2) is 24.3 Å². The first kappa shape index (κ1) is 14.5. The number of nitrogens with zero attached hydrogens (tertiary/aromatic N) is 1. The third-order valence-corrected chi connectivity index (χ3v) is 2.27. The molecular weight excluding hydrogens is 232 g/mol. The molecule has 0 radical (unpaired) electrons. The molecular formula is C13H20N2O3. The number of amides is 1. The fourth-order valence-electron chi connectivity index (χ4n) is 1.69. The van der Waals surface area contributed by atoms with E-state index >= 15 is 0 Å². The Hall–Kier alpha value is -1.59. The predicted octanol–water partition coefficient (Wildman–Crippen LogP) is 1.04. The first-order valence-corrected chi connectivity index (χ1v) is 5.71. The molecule has 5 heteroatoms. The van der Waals surface area contributed by atoms with Gasteiger partial charge in [0.25, 0.3) is 5.91 Å². The maximum atomic E-state index is 12.0. The third-order valence-electron chi connectivity index (χ3n) is 2.27. The van der Waals surface area contributed by atoms with E-state index in [2.05, 4.69) is 5.43 Å². The zero-order valence-electron chi connectivity index (χ0n) is 11.2. The lowest BCUT2D eigenvalue weighted by molar-refractivity contribution is 0.0272. The maximum Gasteiger partial charge on any atom is 0.269 e. The van der Waals surface area contributed by atoms with Crippen molar-refractivity contribution in [3.05, 3.63) is 29.8 Å². The van der Waals surface area contributed by atoms with Crippen LogP contribution in [0.25, 0.3) is 0 Å². The van der Waals surface area contributed by atoms with Gasteiger partial charge in [-0.05, 0) is 26.0 Å². The van der Waals surface area contributed by atoms with Crippen molar-refractivity contribution in [2.75, 3.05) is 20.7 Å². The molecule has 1 aromatic rings. The van der Waals surface area contributed by atoms with Crippen molar-refractivity contribution >= 4 is 5.91 Å². The van der Waals surface area contributed by atoms with Gasteiger partial charge < -0.3 is 9.84 Å². The second-order valence-electron chi connectivity index (χ2n) is 4.81. The molecule has 0 bridgehead atoms. The fourth-order valence-corrected chi connectivity index (χ4v) is 1.69.